The molecule has 0 atom stereocenters. The van der Waals surface area contributed by atoms with Crippen molar-refractivity contribution < 1.29 is 9.53 Å². The molecule has 0 aliphatic carbocycles. The molecule has 0 spiro atoms. The minimum Gasteiger partial charge on any atom is -0.495 e. The molecule has 1 aromatic rings. The second-order valence-corrected chi connectivity index (χ2v) is 3.02. The number of methoxy groups -OCH3 is 1. The first kappa shape index (κ1) is 10.1. The number of ether oxygens (including phenoxy) is 1. The lowest BCUT2D eigenvalue weighted by Crippen LogP contribution is -1.91. The molecule has 0 aromatic heterocycles. The number of hydrogen-bond donors (Lipinski definition) is 0. The molecule has 0 unspecified atom stereocenters. The van der Waals surface area contributed by atoms with Crippen molar-refractivity contribution >= 4 is 17.9 Å². The van der Waals surface area contributed by atoms with Crippen molar-refractivity contribution in [3.63, 3.8) is 0 Å². The predicted octanol–water partition coefficient (Wildman–Crippen LogP) is 2.48. The Bertz CT molecular complexity index is 297. The van der Waals surface area contributed by atoms with Gasteiger partial charge in [0, 0.05) is 6.42 Å². The highest BCUT2D eigenvalue weighted by Crippen LogP contribution is 2.28. The molecule has 2 nitrogen and oxygen atoms in total. The first-order valence-corrected chi connectivity index (χ1v) is 4.42. The second kappa shape index (κ2) is 4.87. The lowest BCUT2D eigenvalue weighted by molar-refractivity contribution is -0.107. The maximum absolute atomic E-state index is 10.2. The summed E-state index contributed by atoms with van der Waals surface area (Å²) in [5.41, 5.74) is 0.952. The summed E-state index contributed by atoms with van der Waals surface area (Å²) in [6, 6.07) is 5.56. The van der Waals surface area contributed by atoms with Gasteiger partial charge in [-0.25, -0.2) is 0 Å². The quantitative estimate of drug-likeness (QED) is 0.695. The van der Waals surface area contributed by atoms with Crippen LogP contribution < -0.4 is 4.74 Å². The molecule has 0 saturated heterocycles. The second-order valence-electron chi connectivity index (χ2n) is 2.64. The van der Waals surface area contributed by atoms with Crippen LogP contribution in [0.25, 0.3) is 0 Å². The first-order valence-electron chi connectivity index (χ1n) is 4.04. The Morgan fingerprint density at radius 2 is 2.31 bits per heavy atom. The monoisotopic (exact) mass is 198 g/mol. The van der Waals surface area contributed by atoms with E-state index in [0.29, 0.717) is 23.6 Å². The average Bonchev–Trinajstić information content (AvgIpc) is 2.16. The lowest BCUT2D eigenvalue weighted by atomic mass is 10.1. The van der Waals surface area contributed by atoms with Crippen LogP contribution in [0.3, 0.4) is 0 Å². The van der Waals surface area contributed by atoms with Crippen molar-refractivity contribution in [1.82, 2.24) is 0 Å². The molecule has 0 aliphatic rings. The number of carbonyl (C=O) groups excluding carboxylic acids is 1. The molecule has 0 aliphatic heterocycles. The van der Waals surface area contributed by atoms with Gasteiger partial charge in [0.15, 0.2) is 0 Å². The summed E-state index contributed by atoms with van der Waals surface area (Å²) >= 11 is 6.00. The molecule has 0 heterocycles. The highest BCUT2D eigenvalue weighted by Gasteiger charge is 2.04. The van der Waals surface area contributed by atoms with Crippen LogP contribution in [0.2, 0.25) is 5.02 Å². The topological polar surface area (TPSA) is 26.3 Å². The van der Waals surface area contributed by atoms with Gasteiger partial charge in [-0.05, 0) is 18.1 Å². The largest absolute Gasteiger partial charge is 0.495 e. The van der Waals surface area contributed by atoms with E-state index in [-0.39, 0.29) is 0 Å². The Morgan fingerprint density at radius 1 is 1.54 bits per heavy atom. The van der Waals surface area contributed by atoms with E-state index in [4.69, 9.17) is 16.3 Å². The van der Waals surface area contributed by atoms with Gasteiger partial charge in [-0.15, -0.1) is 0 Å². The SMILES string of the molecule is COc1cccc(CCC=O)c1Cl. The minimum atomic E-state index is 0.493. The fourth-order valence-electron chi connectivity index (χ4n) is 1.12. The molecule has 0 amide bonds. The number of aldehydes is 1. The summed E-state index contributed by atoms with van der Waals surface area (Å²) < 4.78 is 5.05. The van der Waals surface area contributed by atoms with E-state index in [2.05, 4.69) is 0 Å². The predicted molar refractivity (Wildman–Crippen MR) is 52.4 cm³/mol. The zero-order valence-corrected chi connectivity index (χ0v) is 8.17. The van der Waals surface area contributed by atoms with E-state index in [0.717, 1.165) is 11.8 Å². The summed E-state index contributed by atoms with van der Waals surface area (Å²) in [6.45, 7) is 0. The van der Waals surface area contributed by atoms with Crippen LogP contribution in [0.5, 0.6) is 5.75 Å². The molecule has 1 aromatic carbocycles. The summed E-state index contributed by atoms with van der Waals surface area (Å²) in [5.74, 6) is 0.657. The van der Waals surface area contributed by atoms with Crippen molar-refractivity contribution in [3.8, 4) is 5.75 Å². The smallest absolute Gasteiger partial charge is 0.137 e. The third-order valence-electron chi connectivity index (χ3n) is 1.79. The van der Waals surface area contributed by atoms with Gasteiger partial charge in [-0.3, -0.25) is 0 Å². The van der Waals surface area contributed by atoms with Crippen LogP contribution in [0, 0.1) is 0 Å². The first-order chi connectivity index (χ1) is 6.29. The number of halogens is 1. The van der Waals surface area contributed by atoms with Gasteiger partial charge in [0.05, 0.1) is 12.1 Å². The van der Waals surface area contributed by atoms with E-state index in [1.807, 2.05) is 12.1 Å². The van der Waals surface area contributed by atoms with Gasteiger partial charge in [0.25, 0.3) is 0 Å². The van der Waals surface area contributed by atoms with Crippen LogP contribution in [-0.2, 0) is 11.2 Å². The van der Waals surface area contributed by atoms with Crippen molar-refractivity contribution in [2.45, 2.75) is 12.8 Å². The Balaban J connectivity index is 2.87. The Hall–Kier alpha value is -1.02. The third kappa shape index (κ3) is 2.46. The molecule has 13 heavy (non-hydrogen) atoms. The molecular weight excluding hydrogens is 188 g/mol. The maximum atomic E-state index is 10.2. The van der Waals surface area contributed by atoms with E-state index < -0.39 is 0 Å². The molecular formula is C10H11ClO2. The van der Waals surface area contributed by atoms with Gasteiger partial charge in [0.1, 0.15) is 12.0 Å². The van der Waals surface area contributed by atoms with Crippen LogP contribution >= 0.6 is 11.6 Å². The van der Waals surface area contributed by atoms with Crippen LogP contribution in [-0.4, -0.2) is 13.4 Å². The summed E-state index contributed by atoms with van der Waals surface area (Å²) in [7, 11) is 1.57. The van der Waals surface area contributed by atoms with Crippen LogP contribution in [0.1, 0.15) is 12.0 Å². The number of aryl methyl sites for hydroxylation is 1. The standard InChI is InChI=1S/C10H11ClO2/c1-13-9-6-2-4-8(10(9)11)5-3-7-12/h2,4,6-7H,3,5H2,1H3. The van der Waals surface area contributed by atoms with E-state index in [1.165, 1.54) is 0 Å². The van der Waals surface area contributed by atoms with Crippen LogP contribution in [0.15, 0.2) is 18.2 Å². The lowest BCUT2D eigenvalue weighted by Gasteiger charge is -2.06. The van der Waals surface area contributed by atoms with E-state index in [1.54, 1.807) is 13.2 Å². The zero-order valence-electron chi connectivity index (χ0n) is 7.42. The number of benzene rings is 1. The molecule has 0 saturated carbocycles. The maximum Gasteiger partial charge on any atom is 0.137 e. The summed E-state index contributed by atoms with van der Waals surface area (Å²) in [4.78, 5) is 10.2. The number of carbonyl (C=O) groups is 1. The fourth-order valence-corrected chi connectivity index (χ4v) is 1.42. The molecule has 0 N–H and O–H groups in total. The normalized spacial score (nSPS) is 9.69. The fraction of sp³-hybridized carbons (Fsp3) is 0.300. The Kier molecular flexibility index (Phi) is 3.77. The van der Waals surface area contributed by atoms with E-state index in [9.17, 15) is 4.79 Å². The number of rotatable bonds is 4. The van der Waals surface area contributed by atoms with Gasteiger partial charge >= 0.3 is 0 Å². The molecule has 70 valence electrons. The van der Waals surface area contributed by atoms with Gasteiger partial charge in [0.2, 0.25) is 0 Å². The molecule has 0 radical (unpaired) electrons. The zero-order chi connectivity index (χ0) is 9.68. The third-order valence-corrected chi connectivity index (χ3v) is 2.22. The highest BCUT2D eigenvalue weighted by atomic mass is 35.5. The molecule has 0 fully saturated rings. The van der Waals surface area contributed by atoms with Gasteiger partial charge in [-0.1, -0.05) is 23.7 Å². The van der Waals surface area contributed by atoms with Crippen molar-refractivity contribution in [2.24, 2.45) is 0 Å². The van der Waals surface area contributed by atoms with Gasteiger partial charge < -0.3 is 9.53 Å². The molecule has 3 heteroatoms. The number of hydrogen-bond acceptors (Lipinski definition) is 2. The minimum absolute atomic E-state index is 0.493. The van der Waals surface area contributed by atoms with Crippen LogP contribution in [0.4, 0.5) is 0 Å². The Morgan fingerprint density at radius 3 is 2.92 bits per heavy atom. The van der Waals surface area contributed by atoms with E-state index >= 15 is 0 Å². The highest BCUT2D eigenvalue weighted by molar-refractivity contribution is 6.32. The average molecular weight is 199 g/mol. The van der Waals surface area contributed by atoms with Crippen molar-refractivity contribution in [1.29, 1.82) is 0 Å². The molecule has 1 rings (SSSR count). The Labute approximate surface area is 82.5 Å². The van der Waals surface area contributed by atoms with Gasteiger partial charge in [-0.2, -0.15) is 0 Å². The summed E-state index contributed by atoms with van der Waals surface area (Å²) in [5, 5.41) is 0.604. The van der Waals surface area contributed by atoms with Crippen molar-refractivity contribution in [3.05, 3.63) is 28.8 Å². The summed E-state index contributed by atoms with van der Waals surface area (Å²) in [6.07, 6.45) is 2.04. The van der Waals surface area contributed by atoms with Crippen molar-refractivity contribution in [2.75, 3.05) is 7.11 Å². The molecule has 0 bridgehead atoms.